The van der Waals surface area contributed by atoms with E-state index in [1.54, 1.807) is 6.07 Å². The first kappa shape index (κ1) is 13.0. The van der Waals surface area contributed by atoms with E-state index in [9.17, 15) is 14.9 Å². The van der Waals surface area contributed by atoms with Crippen LogP contribution in [0.1, 0.15) is 5.56 Å². The number of hydrogen-bond acceptors (Lipinski definition) is 5. The fourth-order valence-corrected chi connectivity index (χ4v) is 1.79. The number of anilines is 1. The molecule has 0 spiro atoms. The number of rotatable bonds is 3. The van der Waals surface area contributed by atoms with Crippen molar-refractivity contribution in [2.75, 3.05) is 5.73 Å². The minimum Gasteiger partial charge on any atom is -0.393 e. The molecule has 19 heavy (non-hydrogen) atoms. The Labute approximate surface area is 112 Å². The van der Waals surface area contributed by atoms with Gasteiger partial charge in [0.25, 0.3) is 5.69 Å². The number of para-hydroxylation sites is 1. The van der Waals surface area contributed by atoms with E-state index in [2.05, 4.69) is 4.98 Å². The average Bonchev–Trinajstić information content (AvgIpc) is 2.36. The Bertz CT molecular complexity index is 699. The SMILES string of the molecule is Nc1c(Cn2cc(Cl)cnc2=O)cccc1[N+](=O)[O-]. The number of aromatic nitrogens is 2. The highest BCUT2D eigenvalue weighted by atomic mass is 35.5. The summed E-state index contributed by atoms with van der Waals surface area (Å²) in [7, 11) is 0. The molecule has 0 saturated carbocycles. The molecule has 0 aliphatic carbocycles. The van der Waals surface area contributed by atoms with Crippen molar-refractivity contribution in [3.05, 3.63) is 61.8 Å². The molecule has 0 atom stereocenters. The summed E-state index contributed by atoms with van der Waals surface area (Å²) >= 11 is 5.74. The second-order valence-corrected chi connectivity index (χ2v) is 4.23. The number of halogens is 1. The number of nitro benzene ring substituents is 1. The lowest BCUT2D eigenvalue weighted by Gasteiger charge is -2.08. The predicted molar refractivity (Wildman–Crippen MR) is 70.1 cm³/mol. The maximum absolute atomic E-state index is 11.5. The van der Waals surface area contributed by atoms with Gasteiger partial charge in [-0.25, -0.2) is 9.78 Å². The Morgan fingerprint density at radius 3 is 2.89 bits per heavy atom. The van der Waals surface area contributed by atoms with Crippen molar-refractivity contribution in [2.45, 2.75) is 6.54 Å². The van der Waals surface area contributed by atoms with Gasteiger partial charge in [0.15, 0.2) is 0 Å². The highest BCUT2D eigenvalue weighted by Gasteiger charge is 2.14. The van der Waals surface area contributed by atoms with E-state index in [0.717, 1.165) is 0 Å². The molecule has 1 heterocycles. The minimum atomic E-state index is -0.572. The van der Waals surface area contributed by atoms with Crippen molar-refractivity contribution >= 4 is 23.0 Å². The number of nitrogen functional groups attached to an aromatic ring is 1. The summed E-state index contributed by atoms with van der Waals surface area (Å²) in [5.74, 6) is 0. The summed E-state index contributed by atoms with van der Waals surface area (Å²) in [4.78, 5) is 25.3. The van der Waals surface area contributed by atoms with Gasteiger partial charge in [-0.3, -0.25) is 14.7 Å². The van der Waals surface area contributed by atoms with Crippen molar-refractivity contribution in [2.24, 2.45) is 0 Å². The molecule has 0 saturated heterocycles. The monoisotopic (exact) mass is 280 g/mol. The van der Waals surface area contributed by atoms with E-state index in [0.29, 0.717) is 10.6 Å². The molecule has 8 heteroatoms. The van der Waals surface area contributed by atoms with Gasteiger partial charge in [0, 0.05) is 17.8 Å². The van der Waals surface area contributed by atoms with Crippen LogP contribution >= 0.6 is 11.6 Å². The van der Waals surface area contributed by atoms with Crippen molar-refractivity contribution < 1.29 is 4.92 Å². The standard InChI is InChI=1S/C11H9ClN4O3/c12-8-4-14-11(17)15(6-8)5-7-2-1-3-9(10(7)13)16(18)19/h1-4,6H,5,13H2. The molecule has 0 aliphatic rings. The lowest BCUT2D eigenvalue weighted by atomic mass is 10.1. The Morgan fingerprint density at radius 1 is 1.47 bits per heavy atom. The van der Waals surface area contributed by atoms with Gasteiger partial charge in [-0.15, -0.1) is 0 Å². The van der Waals surface area contributed by atoms with Crippen molar-refractivity contribution in [3.63, 3.8) is 0 Å². The third kappa shape index (κ3) is 2.71. The van der Waals surface area contributed by atoms with Crippen LogP contribution in [0.15, 0.2) is 35.4 Å². The van der Waals surface area contributed by atoms with Crippen molar-refractivity contribution in [1.29, 1.82) is 0 Å². The second-order valence-electron chi connectivity index (χ2n) is 3.79. The molecular weight excluding hydrogens is 272 g/mol. The van der Waals surface area contributed by atoms with Gasteiger partial charge in [0.2, 0.25) is 0 Å². The van der Waals surface area contributed by atoms with E-state index < -0.39 is 10.6 Å². The molecule has 0 bridgehead atoms. The van der Waals surface area contributed by atoms with Gasteiger partial charge in [-0.05, 0) is 0 Å². The largest absolute Gasteiger partial charge is 0.393 e. The highest BCUT2D eigenvalue weighted by molar-refractivity contribution is 6.30. The number of nitrogens with zero attached hydrogens (tertiary/aromatic N) is 3. The van der Waals surface area contributed by atoms with Gasteiger partial charge in [0.1, 0.15) is 5.69 Å². The first-order chi connectivity index (χ1) is 8.99. The first-order valence-electron chi connectivity index (χ1n) is 5.23. The lowest BCUT2D eigenvalue weighted by molar-refractivity contribution is -0.383. The fourth-order valence-electron chi connectivity index (χ4n) is 1.62. The molecule has 2 aromatic rings. The third-order valence-corrected chi connectivity index (χ3v) is 2.73. The molecule has 0 amide bonds. The summed E-state index contributed by atoms with van der Waals surface area (Å²) in [6, 6.07) is 4.42. The van der Waals surface area contributed by atoms with E-state index in [4.69, 9.17) is 17.3 Å². The molecule has 1 aromatic heterocycles. The quantitative estimate of drug-likeness (QED) is 0.520. The smallest absolute Gasteiger partial charge is 0.347 e. The topological polar surface area (TPSA) is 104 Å². The summed E-state index contributed by atoms with van der Waals surface area (Å²) in [5, 5.41) is 11.1. The molecule has 1 aromatic carbocycles. The van der Waals surface area contributed by atoms with Crippen LogP contribution in [0.3, 0.4) is 0 Å². The van der Waals surface area contributed by atoms with Gasteiger partial charge < -0.3 is 5.73 Å². The van der Waals surface area contributed by atoms with Crippen LogP contribution in [-0.2, 0) is 6.54 Å². The molecule has 0 aliphatic heterocycles. The summed E-state index contributed by atoms with van der Waals surface area (Å²) < 4.78 is 1.23. The van der Waals surface area contributed by atoms with Crippen molar-refractivity contribution in [1.82, 2.24) is 9.55 Å². The zero-order valence-corrected chi connectivity index (χ0v) is 10.4. The minimum absolute atomic E-state index is 0.0272. The maximum Gasteiger partial charge on any atom is 0.347 e. The van der Waals surface area contributed by atoms with Crippen LogP contribution in [0, 0.1) is 10.1 Å². The number of benzene rings is 1. The average molecular weight is 281 g/mol. The molecule has 0 unspecified atom stereocenters. The van der Waals surface area contributed by atoms with Crippen LogP contribution in [-0.4, -0.2) is 14.5 Å². The summed E-state index contributed by atoms with van der Waals surface area (Å²) in [6.45, 7) is 0.0694. The summed E-state index contributed by atoms with van der Waals surface area (Å²) in [6.07, 6.45) is 2.63. The molecule has 2 rings (SSSR count). The van der Waals surface area contributed by atoms with Crippen LogP contribution in [0.5, 0.6) is 0 Å². The van der Waals surface area contributed by atoms with E-state index in [1.165, 1.54) is 29.1 Å². The Kier molecular flexibility index (Phi) is 3.48. The van der Waals surface area contributed by atoms with Crippen LogP contribution in [0.2, 0.25) is 5.02 Å². The van der Waals surface area contributed by atoms with Gasteiger partial charge in [-0.1, -0.05) is 23.7 Å². The maximum atomic E-state index is 11.5. The van der Waals surface area contributed by atoms with Crippen LogP contribution in [0.25, 0.3) is 0 Å². The molecule has 0 fully saturated rings. The second kappa shape index (κ2) is 5.07. The normalized spacial score (nSPS) is 10.4. The van der Waals surface area contributed by atoms with Gasteiger partial charge >= 0.3 is 5.69 Å². The summed E-state index contributed by atoms with van der Waals surface area (Å²) in [5.41, 5.74) is 5.50. The Morgan fingerprint density at radius 2 is 2.21 bits per heavy atom. The van der Waals surface area contributed by atoms with Crippen LogP contribution in [0.4, 0.5) is 11.4 Å². The first-order valence-corrected chi connectivity index (χ1v) is 5.60. The highest BCUT2D eigenvalue weighted by Crippen LogP contribution is 2.25. The number of hydrogen-bond donors (Lipinski definition) is 1. The molecule has 0 radical (unpaired) electrons. The third-order valence-electron chi connectivity index (χ3n) is 2.53. The van der Waals surface area contributed by atoms with E-state index in [-0.39, 0.29) is 17.9 Å². The fraction of sp³-hybridized carbons (Fsp3) is 0.0909. The van der Waals surface area contributed by atoms with Crippen LogP contribution < -0.4 is 11.4 Å². The van der Waals surface area contributed by atoms with E-state index >= 15 is 0 Å². The number of nitrogens with two attached hydrogens (primary N) is 1. The predicted octanol–water partition coefficient (Wildman–Crippen LogP) is 1.44. The Hall–Kier alpha value is -2.41. The van der Waals surface area contributed by atoms with E-state index in [1.807, 2.05) is 0 Å². The zero-order chi connectivity index (χ0) is 14.0. The molecular formula is C11H9ClN4O3. The Balaban J connectivity index is 2.44. The van der Waals surface area contributed by atoms with Gasteiger partial charge in [-0.2, -0.15) is 0 Å². The van der Waals surface area contributed by atoms with Gasteiger partial charge in [0.05, 0.1) is 22.7 Å². The number of nitro groups is 1. The van der Waals surface area contributed by atoms with Crippen molar-refractivity contribution in [3.8, 4) is 0 Å². The zero-order valence-electron chi connectivity index (χ0n) is 9.62. The molecule has 7 nitrogen and oxygen atoms in total. The molecule has 98 valence electrons. The lowest BCUT2D eigenvalue weighted by Crippen LogP contribution is -2.22. The molecule has 2 N–H and O–H groups in total.